The van der Waals surface area contributed by atoms with E-state index in [4.69, 9.17) is 10.5 Å². The van der Waals surface area contributed by atoms with Crippen LogP contribution in [0.4, 0.5) is 0 Å². The van der Waals surface area contributed by atoms with Crippen LogP contribution in [-0.4, -0.2) is 24.7 Å². The van der Waals surface area contributed by atoms with Crippen molar-refractivity contribution in [3.8, 4) is 5.75 Å². The van der Waals surface area contributed by atoms with Gasteiger partial charge in [0.2, 0.25) is 0 Å². The van der Waals surface area contributed by atoms with Crippen LogP contribution in [0.2, 0.25) is 0 Å². The van der Waals surface area contributed by atoms with E-state index < -0.39 is 0 Å². The van der Waals surface area contributed by atoms with Gasteiger partial charge in [-0.05, 0) is 43.7 Å². The average molecular weight is 239 g/mol. The zero-order valence-corrected chi connectivity index (χ0v) is 10.9. The smallest absolute Gasteiger partial charge is 0.119 e. The Kier molecular flexibility index (Phi) is 6.34. The first-order valence-corrected chi connectivity index (χ1v) is 7.08. The predicted molar refractivity (Wildman–Crippen MR) is 72.3 cm³/mol. The lowest BCUT2D eigenvalue weighted by molar-refractivity contribution is 0.344. The van der Waals surface area contributed by atoms with Crippen molar-refractivity contribution < 1.29 is 4.74 Å². The fourth-order valence-electron chi connectivity index (χ4n) is 1.39. The Balaban J connectivity index is 2.35. The molecule has 0 saturated carbocycles. The Morgan fingerprint density at radius 3 is 2.56 bits per heavy atom. The molecule has 2 N–H and O–H groups in total. The number of hydrogen-bond donors (Lipinski definition) is 1. The van der Waals surface area contributed by atoms with Crippen LogP contribution in [0.5, 0.6) is 5.75 Å². The summed E-state index contributed by atoms with van der Waals surface area (Å²) < 4.78 is 5.58. The highest BCUT2D eigenvalue weighted by Gasteiger charge is 1.98. The first-order valence-electron chi connectivity index (χ1n) is 5.68. The van der Waals surface area contributed by atoms with Crippen molar-refractivity contribution in [1.29, 1.82) is 0 Å². The molecular formula is C13H21NOS. The molecule has 1 aromatic rings. The molecule has 0 bridgehead atoms. The summed E-state index contributed by atoms with van der Waals surface area (Å²) in [6, 6.07) is 8.60. The molecule has 0 fully saturated rings. The first kappa shape index (κ1) is 13.4. The minimum Gasteiger partial charge on any atom is -0.493 e. The standard InChI is InChI=1S/C13H21NOS/c1-11(14)3-4-12-5-7-13(8-6-12)15-9-10-16-2/h5-8,11H,3-4,9-10,14H2,1-2H3. The van der Waals surface area contributed by atoms with Crippen molar-refractivity contribution in [3.05, 3.63) is 29.8 Å². The number of benzene rings is 1. The van der Waals surface area contributed by atoms with Crippen LogP contribution in [0.15, 0.2) is 24.3 Å². The van der Waals surface area contributed by atoms with Crippen LogP contribution in [0.25, 0.3) is 0 Å². The maximum Gasteiger partial charge on any atom is 0.119 e. The molecule has 1 aromatic carbocycles. The van der Waals surface area contributed by atoms with E-state index >= 15 is 0 Å². The lowest BCUT2D eigenvalue weighted by Crippen LogP contribution is -2.15. The molecular weight excluding hydrogens is 218 g/mol. The van der Waals surface area contributed by atoms with Gasteiger partial charge in [0.05, 0.1) is 6.61 Å². The summed E-state index contributed by atoms with van der Waals surface area (Å²) in [7, 11) is 0. The second-order valence-electron chi connectivity index (χ2n) is 4.00. The zero-order valence-electron chi connectivity index (χ0n) is 10.1. The summed E-state index contributed by atoms with van der Waals surface area (Å²) in [6.45, 7) is 2.82. The van der Waals surface area contributed by atoms with Crippen molar-refractivity contribution in [3.63, 3.8) is 0 Å². The van der Waals surface area contributed by atoms with E-state index in [0.29, 0.717) is 0 Å². The van der Waals surface area contributed by atoms with Crippen LogP contribution < -0.4 is 10.5 Å². The highest BCUT2D eigenvalue weighted by Crippen LogP contribution is 2.14. The average Bonchev–Trinajstić information content (AvgIpc) is 2.28. The van der Waals surface area contributed by atoms with Gasteiger partial charge in [0, 0.05) is 11.8 Å². The molecule has 1 unspecified atom stereocenters. The van der Waals surface area contributed by atoms with E-state index in [9.17, 15) is 0 Å². The van der Waals surface area contributed by atoms with E-state index in [-0.39, 0.29) is 6.04 Å². The number of hydrogen-bond acceptors (Lipinski definition) is 3. The summed E-state index contributed by atoms with van der Waals surface area (Å²) in [5, 5.41) is 0. The lowest BCUT2D eigenvalue weighted by Gasteiger charge is -2.07. The number of ether oxygens (including phenoxy) is 1. The van der Waals surface area contributed by atoms with Crippen LogP contribution in [0.1, 0.15) is 18.9 Å². The highest BCUT2D eigenvalue weighted by atomic mass is 32.2. The molecule has 0 aliphatic rings. The first-order chi connectivity index (χ1) is 7.72. The second kappa shape index (κ2) is 7.58. The Labute approximate surface area is 103 Å². The van der Waals surface area contributed by atoms with Crippen molar-refractivity contribution in [1.82, 2.24) is 0 Å². The van der Waals surface area contributed by atoms with Crippen molar-refractivity contribution in [2.75, 3.05) is 18.6 Å². The SMILES string of the molecule is CSCCOc1ccc(CCC(C)N)cc1. The monoisotopic (exact) mass is 239 g/mol. The largest absolute Gasteiger partial charge is 0.493 e. The molecule has 0 radical (unpaired) electrons. The highest BCUT2D eigenvalue weighted by molar-refractivity contribution is 7.98. The minimum absolute atomic E-state index is 0.275. The van der Waals surface area contributed by atoms with Gasteiger partial charge in [-0.25, -0.2) is 0 Å². The molecule has 2 nitrogen and oxygen atoms in total. The third-order valence-corrected chi connectivity index (χ3v) is 2.94. The molecule has 0 heterocycles. The molecule has 1 rings (SSSR count). The molecule has 1 atom stereocenters. The maximum absolute atomic E-state index is 5.72. The molecule has 0 spiro atoms. The summed E-state index contributed by atoms with van der Waals surface area (Å²) in [4.78, 5) is 0. The van der Waals surface area contributed by atoms with E-state index in [0.717, 1.165) is 31.0 Å². The fourth-order valence-corrected chi connectivity index (χ4v) is 1.64. The van der Waals surface area contributed by atoms with E-state index in [1.54, 1.807) is 11.8 Å². The molecule has 0 aliphatic carbocycles. The van der Waals surface area contributed by atoms with Crippen molar-refractivity contribution in [2.45, 2.75) is 25.8 Å². The Morgan fingerprint density at radius 2 is 2.00 bits per heavy atom. The van der Waals surface area contributed by atoms with E-state index in [1.807, 2.05) is 19.1 Å². The Bertz CT molecular complexity index is 284. The maximum atomic E-state index is 5.72. The van der Waals surface area contributed by atoms with Gasteiger partial charge in [0.1, 0.15) is 5.75 Å². The number of rotatable bonds is 7. The van der Waals surface area contributed by atoms with Crippen LogP contribution in [0, 0.1) is 0 Å². The predicted octanol–water partition coefficient (Wildman–Crippen LogP) is 2.71. The van der Waals surface area contributed by atoms with Gasteiger partial charge in [-0.15, -0.1) is 0 Å². The third-order valence-electron chi connectivity index (χ3n) is 2.37. The fraction of sp³-hybridized carbons (Fsp3) is 0.538. The normalized spacial score (nSPS) is 12.4. The molecule has 3 heteroatoms. The molecule has 0 saturated heterocycles. The summed E-state index contributed by atoms with van der Waals surface area (Å²) in [6.07, 6.45) is 4.16. The van der Waals surface area contributed by atoms with Gasteiger partial charge in [0.15, 0.2) is 0 Å². The van der Waals surface area contributed by atoms with Gasteiger partial charge in [-0.3, -0.25) is 0 Å². The van der Waals surface area contributed by atoms with Crippen LogP contribution in [0.3, 0.4) is 0 Å². The van der Waals surface area contributed by atoms with Crippen molar-refractivity contribution >= 4 is 11.8 Å². The molecule has 0 amide bonds. The lowest BCUT2D eigenvalue weighted by atomic mass is 10.1. The molecule has 90 valence electrons. The summed E-state index contributed by atoms with van der Waals surface area (Å²) in [5.74, 6) is 1.99. The third kappa shape index (κ3) is 5.42. The quantitative estimate of drug-likeness (QED) is 0.743. The minimum atomic E-state index is 0.275. The van der Waals surface area contributed by atoms with Crippen LogP contribution in [-0.2, 0) is 6.42 Å². The Morgan fingerprint density at radius 1 is 1.31 bits per heavy atom. The topological polar surface area (TPSA) is 35.2 Å². The molecule has 16 heavy (non-hydrogen) atoms. The van der Waals surface area contributed by atoms with Gasteiger partial charge >= 0.3 is 0 Å². The van der Waals surface area contributed by atoms with E-state index in [2.05, 4.69) is 18.4 Å². The van der Waals surface area contributed by atoms with Gasteiger partial charge < -0.3 is 10.5 Å². The number of aryl methyl sites for hydroxylation is 1. The Hall–Kier alpha value is -0.670. The van der Waals surface area contributed by atoms with Gasteiger partial charge in [-0.1, -0.05) is 12.1 Å². The molecule has 0 aromatic heterocycles. The summed E-state index contributed by atoms with van der Waals surface area (Å²) in [5.41, 5.74) is 7.05. The number of nitrogens with two attached hydrogens (primary N) is 1. The second-order valence-corrected chi connectivity index (χ2v) is 4.99. The zero-order chi connectivity index (χ0) is 11.8. The van der Waals surface area contributed by atoms with Crippen LogP contribution >= 0.6 is 11.8 Å². The molecule has 0 aliphatic heterocycles. The van der Waals surface area contributed by atoms with Gasteiger partial charge in [-0.2, -0.15) is 11.8 Å². The summed E-state index contributed by atoms with van der Waals surface area (Å²) >= 11 is 1.80. The van der Waals surface area contributed by atoms with Gasteiger partial charge in [0.25, 0.3) is 0 Å². The van der Waals surface area contributed by atoms with E-state index in [1.165, 1.54) is 5.56 Å². The number of thioether (sulfide) groups is 1. The van der Waals surface area contributed by atoms with Crippen molar-refractivity contribution in [2.24, 2.45) is 5.73 Å².